The number of likely N-dealkylation sites (tertiary alicyclic amines) is 1. The van der Waals surface area contributed by atoms with Crippen molar-refractivity contribution in [2.75, 3.05) is 39.8 Å². The number of para-hydroxylation sites is 1. The summed E-state index contributed by atoms with van der Waals surface area (Å²) in [6.07, 6.45) is 7.48. The van der Waals surface area contributed by atoms with Crippen LogP contribution >= 0.6 is 22.9 Å². The number of rotatable bonds is 10. The zero-order valence-electron chi connectivity index (χ0n) is 35.5. The second-order valence-electron chi connectivity index (χ2n) is 16.7. The summed E-state index contributed by atoms with van der Waals surface area (Å²) in [7, 11) is 1.60. The first-order valence-electron chi connectivity index (χ1n) is 21.4. The lowest BCUT2D eigenvalue weighted by molar-refractivity contribution is -0.145. The van der Waals surface area contributed by atoms with Crippen molar-refractivity contribution in [2.24, 2.45) is 0 Å². The third-order valence-corrected chi connectivity index (χ3v) is 13.7. The average Bonchev–Trinajstić information content (AvgIpc) is 3.69. The molecule has 0 saturated carbocycles. The topological polar surface area (TPSA) is 143 Å². The molecule has 15 heteroatoms. The van der Waals surface area contributed by atoms with Gasteiger partial charge in [0, 0.05) is 62.3 Å². The number of allylic oxidation sites excluding steroid dienone is 3. The molecular formula is C49H48ClFN6O6S. The minimum atomic E-state index is -1.38. The van der Waals surface area contributed by atoms with Gasteiger partial charge < -0.3 is 29.3 Å². The third-order valence-electron chi connectivity index (χ3n) is 12.1. The number of aliphatic hydroxyl groups excluding tert-OH is 1. The number of fused-ring (bicyclic) bond motifs is 6. The number of carboxylic acid groups (broad SMARTS) is 1. The molecule has 4 bridgehead atoms. The predicted octanol–water partition coefficient (Wildman–Crippen LogP) is 8.60. The maximum atomic E-state index is 14.3. The number of piperidine rings is 1. The number of aliphatic carboxylic acids is 1. The number of nitrogens with zero attached hydrogens (tertiary/aromatic N) is 6. The minimum Gasteiger partial charge on any atom is -0.496 e. The number of hydrogen-bond acceptors (Lipinski definition) is 12. The van der Waals surface area contributed by atoms with Crippen LogP contribution < -0.4 is 14.2 Å². The normalized spacial score (nSPS) is 19.8. The van der Waals surface area contributed by atoms with E-state index < -0.39 is 16.9 Å². The molecule has 330 valence electrons. The Hall–Kier alpha value is -5.77. The number of carbonyl (C=O) groups is 1. The van der Waals surface area contributed by atoms with E-state index in [4.69, 9.17) is 30.8 Å². The number of ether oxygens (including phenoxy) is 3. The van der Waals surface area contributed by atoms with Gasteiger partial charge in [0.1, 0.15) is 35.1 Å². The highest BCUT2D eigenvalue weighted by Gasteiger charge is 2.35. The van der Waals surface area contributed by atoms with Crippen LogP contribution in [0.4, 0.5) is 4.39 Å². The van der Waals surface area contributed by atoms with Gasteiger partial charge in [0.15, 0.2) is 5.82 Å². The van der Waals surface area contributed by atoms with Gasteiger partial charge in [0.05, 0.1) is 34.7 Å². The summed E-state index contributed by atoms with van der Waals surface area (Å²) in [5.74, 6) is 0.203. The number of aliphatic hydroxyl groups is 1. The lowest BCUT2D eigenvalue weighted by Crippen LogP contribution is -2.42. The molecule has 3 aliphatic heterocycles. The first-order valence-corrected chi connectivity index (χ1v) is 22.6. The van der Waals surface area contributed by atoms with Gasteiger partial charge in [-0.05, 0) is 90.4 Å². The average molecular weight is 903 g/mol. The van der Waals surface area contributed by atoms with E-state index in [1.54, 1.807) is 31.5 Å². The molecule has 0 radical (unpaired) electrons. The highest BCUT2D eigenvalue weighted by molar-refractivity contribution is 7.22. The van der Waals surface area contributed by atoms with E-state index in [0.29, 0.717) is 58.3 Å². The maximum Gasteiger partial charge on any atom is 0.345 e. The zero-order valence-corrected chi connectivity index (χ0v) is 37.1. The number of carboxylic acids is 1. The van der Waals surface area contributed by atoms with Gasteiger partial charge in [0.25, 0.3) is 0 Å². The van der Waals surface area contributed by atoms with Crippen molar-refractivity contribution < 1.29 is 33.6 Å². The Labute approximate surface area is 379 Å². The molecule has 10 rings (SSSR count). The number of methoxy groups -OCH3 is 1. The van der Waals surface area contributed by atoms with Crippen molar-refractivity contribution in [2.45, 2.75) is 62.8 Å². The van der Waals surface area contributed by atoms with Gasteiger partial charge in [-0.2, -0.15) is 0 Å². The van der Waals surface area contributed by atoms with E-state index in [9.17, 15) is 19.4 Å². The van der Waals surface area contributed by atoms with Crippen molar-refractivity contribution in [1.29, 1.82) is 0 Å². The Morgan fingerprint density at radius 1 is 0.984 bits per heavy atom. The summed E-state index contributed by atoms with van der Waals surface area (Å²) in [5.41, 5.74) is 6.47. The van der Waals surface area contributed by atoms with Gasteiger partial charge in [-0.1, -0.05) is 48.6 Å². The Balaban J connectivity index is 1.13. The Bertz CT molecular complexity index is 2740. The van der Waals surface area contributed by atoms with E-state index in [1.807, 2.05) is 49.4 Å². The molecule has 6 heterocycles. The first-order chi connectivity index (χ1) is 31.0. The van der Waals surface area contributed by atoms with Crippen molar-refractivity contribution in [3.8, 4) is 39.2 Å². The van der Waals surface area contributed by atoms with Gasteiger partial charge >= 0.3 is 5.97 Å². The fourth-order valence-corrected chi connectivity index (χ4v) is 10.1. The van der Waals surface area contributed by atoms with Crippen LogP contribution in [0.5, 0.6) is 17.4 Å². The fraction of sp³-hybridized carbons (Fsp3) is 0.327. The van der Waals surface area contributed by atoms with Crippen LogP contribution in [0.2, 0.25) is 0 Å². The molecule has 2 atom stereocenters. The monoisotopic (exact) mass is 902 g/mol. The fourth-order valence-electron chi connectivity index (χ4n) is 8.67. The number of thiophene rings is 1. The quantitative estimate of drug-likeness (QED) is 0.127. The van der Waals surface area contributed by atoms with Gasteiger partial charge in [-0.15, -0.1) is 22.9 Å². The highest BCUT2D eigenvalue weighted by Crippen LogP contribution is 2.49. The third kappa shape index (κ3) is 9.52. The Morgan fingerprint density at radius 2 is 1.78 bits per heavy atom. The molecule has 3 aromatic carbocycles. The summed E-state index contributed by atoms with van der Waals surface area (Å²) in [6.45, 7) is 6.44. The molecule has 12 nitrogen and oxygen atoms in total. The maximum absolute atomic E-state index is 14.3. The standard InChI is InChI=1S/C49H48ClFN6O6S/c1-49(50)25-32-8-11-34(49)27-57(22-21-56-19-16-37(58)17-20-56)26-30-7-14-39(62-28-36-15-18-52-45(55-36)38-5-3-4-6-40(38)61-2)33(23-30)24-41(48(59)60)63-46-43-42(32)44(64-47(43)54-29-53-46)31-9-12-35(51)13-10-31/h3-15,18,23,29,37,41,58H,16-17,19-22,24-28H2,1-2H3,(H,59,60)/t41-,49?/m1/s1. The van der Waals surface area contributed by atoms with E-state index in [0.717, 1.165) is 77.3 Å². The Morgan fingerprint density at radius 3 is 2.56 bits per heavy atom. The van der Waals surface area contributed by atoms with Crippen molar-refractivity contribution >= 4 is 44.7 Å². The summed E-state index contributed by atoms with van der Waals surface area (Å²) in [5, 5.41) is 21.6. The second-order valence-corrected chi connectivity index (χ2v) is 18.5. The lowest BCUT2D eigenvalue weighted by atomic mass is 9.83. The second kappa shape index (κ2) is 18.8. The predicted molar refractivity (Wildman–Crippen MR) is 245 cm³/mol. The molecular weight excluding hydrogens is 855 g/mol. The smallest absolute Gasteiger partial charge is 0.345 e. The molecule has 1 aliphatic carbocycles. The molecule has 1 saturated heterocycles. The summed E-state index contributed by atoms with van der Waals surface area (Å²) in [4.78, 5) is 37.1. The van der Waals surface area contributed by atoms with Crippen molar-refractivity contribution in [3.63, 3.8) is 0 Å². The molecule has 1 unspecified atom stereocenters. The SMILES string of the molecule is COc1ccccc1-c1nccc(COc2ccc3cc2C[C@H](C(=O)O)Oc2ncnc4sc(-c5ccc(F)cc5)c(c24)C2=CC=C(CN(CCN4CCC(O)CC4)C3)C(C)(Cl)C2)n1. The van der Waals surface area contributed by atoms with Crippen molar-refractivity contribution in [1.82, 2.24) is 29.7 Å². The lowest BCUT2D eigenvalue weighted by Gasteiger charge is -2.36. The molecule has 64 heavy (non-hydrogen) atoms. The van der Waals surface area contributed by atoms with Crippen LogP contribution in [0, 0.1) is 5.82 Å². The number of aromatic nitrogens is 4. The van der Waals surface area contributed by atoms with E-state index >= 15 is 0 Å². The first kappa shape index (κ1) is 43.5. The highest BCUT2D eigenvalue weighted by atomic mass is 35.5. The van der Waals surface area contributed by atoms with Crippen LogP contribution in [0.3, 0.4) is 0 Å². The van der Waals surface area contributed by atoms with E-state index in [1.165, 1.54) is 29.8 Å². The molecule has 2 N–H and O–H groups in total. The molecule has 0 amide bonds. The van der Waals surface area contributed by atoms with Gasteiger partial charge in [0.2, 0.25) is 12.0 Å². The van der Waals surface area contributed by atoms with Gasteiger partial charge in [-0.3, -0.25) is 4.90 Å². The molecule has 3 aromatic heterocycles. The number of benzene rings is 3. The van der Waals surface area contributed by atoms with Crippen LogP contribution in [-0.2, 0) is 24.4 Å². The largest absolute Gasteiger partial charge is 0.496 e. The molecule has 4 aliphatic rings. The summed E-state index contributed by atoms with van der Waals surface area (Å²) >= 11 is 8.99. The van der Waals surface area contributed by atoms with E-state index in [-0.39, 0.29) is 30.8 Å². The molecule has 1 fully saturated rings. The molecule has 6 aromatic rings. The summed E-state index contributed by atoms with van der Waals surface area (Å²) in [6, 6.07) is 21.5. The van der Waals surface area contributed by atoms with Gasteiger partial charge in [-0.25, -0.2) is 29.1 Å². The number of alkyl halides is 1. The minimum absolute atomic E-state index is 0.0474. The molecule has 0 spiro atoms. The van der Waals surface area contributed by atoms with Crippen LogP contribution in [-0.4, -0.2) is 103 Å². The zero-order chi connectivity index (χ0) is 44.4. The summed E-state index contributed by atoms with van der Waals surface area (Å²) < 4.78 is 32.8. The Kier molecular flexibility index (Phi) is 12.7. The number of halogens is 2. The van der Waals surface area contributed by atoms with E-state index in [2.05, 4.69) is 36.9 Å². The van der Waals surface area contributed by atoms with Crippen LogP contribution in [0.1, 0.15) is 48.6 Å². The van der Waals surface area contributed by atoms with Crippen LogP contribution in [0.25, 0.3) is 37.6 Å². The van der Waals surface area contributed by atoms with Crippen LogP contribution in [0.15, 0.2) is 103 Å². The van der Waals surface area contributed by atoms with Crippen molar-refractivity contribution in [3.05, 3.63) is 131 Å². The number of hydrogen-bond donors (Lipinski definition) is 2.